The van der Waals surface area contributed by atoms with Gasteiger partial charge in [-0.25, -0.2) is 4.79 Å². The van der Waals surface area contributed by atoms with Crippen LogP contribution < -0.4 is 20.3 Å². The first kappa shape index (κ1) is 19.9. The van der Waals surface area contributed by atoms with E-state index in [1.165, 1.54) is 0 Å². The molecule has 158 valence electrons. The van der Waals surface area contributed by atoms with E-state index >= 15 is 0 Å². The topological polar surface area (TPSA) is 70.7 Å². The van der Waals surface area contributed by atoms with E-state index in [0.29, 0.717) is 35.0 Å². The summed E-state index contributed by atoms with van der Waals surface area (Å²) in [5.41, 5.74) is 1.06. The number of amides is 3. The van der Waals surface area contributed by atoms with E-state index in [1.54, 1.807) is 40.5 Å². The summed E-state index contributed by atoms with van der Waals surface area (Å²) in [6, 6.07) is 15.9. The van der Waals surface area contributed by atoms with Gasteiger partial charge in [0, 0.05) is 27.4 Å². The van der Waals surface area contributed by atoms with Gasteiger partial charge < -0.3 is 15.4 Å². The first-order chi connectivity index (χ1) is 14.9. The van der Waals surface area contributed by atoms with Crippen molar-refractivity contribution >= 4 is 40.6 Å². The summed E-state index contributed by atoms with van der Waals surface area (Å²) in [6.45, 7) is 2.35. The number of ether oxygens (including phenoxy) is 1. The maximum atomic E-state index is 13.1. The highest BCUT2D eigenvalue weighted by molar-refractivity contribution is 7.09. The molecule has 6 nitrogen and oxygen atoms in total. The highest BCUT2D eigenvalue weighted by Gasteiger charge is 2.49. The Bertz CT molecular complexity index is 1170. The SMILES string of the molecule is C[C@@]12C[C@@H](NC(=O)N1c1cccc(C(=O)NCc3cccs3)c1)c1cc(Cl)ccc1O2. The minimum absolute atomic E-state index is 0.187. The van der Waals surface area contributed by atoms with Crippen LogP contribution in [0.4, 0.5) is 10.5 Å². The molecule has 3 heterocycles. The number of carbonyl (C=O) groups excluding carboxylic acids is 2. The number of carbonyl (C=O) groups is 2. The van der Waals surface area contributed by atoms with Gasteiger partial charge in [0.2, 0.25) is 0 Å². The number of urea groups is 1. The average molecular weight is 454 g/mol. The number of halogens is 1. The fraction of sp³-hybridized carbons (Fsp3) is 0.217. The van der Waals surface area contributed by atoms with E-state index in [2.05, 4.69) is 10.6 Å². The lowest BCUT2D eigenvalue weighted by atomic mass is 9.90. The van der Waals surface area contributed by atoms with Crippen LogP contribution in [0.2, 0.25) is 5.02 Å². The molecular formula is C23H20ClN3O3S. The van der Waals surface area contributed by atoms with Crippen LogP contribution in [0.1, 0.15) is 40.2 Å². The minimum Gasteiger partial charge on any atom is -0.467 e. The maximum absolute atomic E-state index is 13.1. The molecule has 1 aromatic heterocycles. The predicted molar refractivity (Wildman–Crippen MR) is 121 cm³/mol. The third kappa shape index (κ3) is 3.64. The Morgan fingerprint density at radius 2 is 2.16 bits per heavy atom. The molecule has 0 radical (unpaired) electrons. The summed E-state index contributed by atoms with van der Waals surface area (Å²) in [4.78, 5) is 28.4. The molecule has 0 unspecified atom stereocenters. The van der Waals surface area contributed by atoms with Gasteiger partial charge >= 0.3 is 6.03 Å². The molecule has 0 aliphatic carbocycles. The molecule has 31 heavy (non-hydrogen) atoms. The monoisotopic (exact) mass is 453 g/mol. The van der Waals surface area contributed by atoms with Crippen molar-refractivity contribution in [3.63, 3.8) is 0 Å². The summed E-state index contributed by atoms with van der Waals surface area (Å²) in [5.74, 6) is 0.498. The Balaban J connectivity index is 1.42. The summed E-state index contributed by atoms with van der Waals surface area (Å²) >= 11 is 7.73. The second kappa shape index (κ2) is 7.59. The lowest BCUT2D eigenvalue weighted by molar-refractivity contribution is 0.0378. The van der Waals surface area contributed by atoms with Crippen LogP contribution in [0.3, 0.4) is 0 Å². The Morgan fingerprint density at radius 1 is 1.29 bits per heavy atom. The summed E-state index contributed by atoms with van der Waals surface area (Å²) in [7, 11) is 0. The van der Waals surface area contributed by atoms with Crippen LogP contribution in [0.25, 0.3) is 0 Å². The zero-order valence-electron chi connectivity index (χ0n) is 16.7. The number of fused-ring (bicyclic) bond motifs is 4. The van der Waals surface area contributed by atoms with Crippen molar-refractivity contribution in [2.75, 3.05) is 4.90 Å². The van der Waals surface area contributed by atoms with Crippen LogP contribution >= 0.6 is 22.9 Å². The zero-order valence-corrected chi connectivity index (χ0v) is 18.3. The second-order valence-corrected chi connectivity index (χ2v) is 9.28. The third-order valence-corrected chi connectivity index (χ3v) is 6.72. The van der Waals surface area contributed by atoms with E-state index in [9.17, 15) is 9.59 Å². The van der Waals surface area contributed by atoms with Crippen molar-refractivity contribution < 1.29 is 14.3 Å². The highest BCUT2D eigenvalue weighted by atomic mass is 35.5. The lowest BCUT2D eigenvalue weighted by Gasteiger charge is -2.50. The fourth-order valence-corrected chi connectivity index (χ4v) is 5.03. The Kier molecular flexibility index (Phi) is 4.87. The molecule has 3 amide bonds. The second-order valence-electron chi connectivity index (χ2n) is 7.81. The molecule has 1 fully saturated rings. The zero-order chi connectivity index (χ0) is 21.6. The molecule has 2 aromatic carbocycles. The molecule has 0 saturated carbocycles. The Labute approximate surface area is 188 Å². The van der Waals surface area contributed by atoms with Crippen molar-refractivity contribution in [3.8, 4) is 5.75 Å². The van der Waals surface area contributed by atoms with Crippen LogP contribution in [0.5, 0.6) is 5.75 Å². The van der Waals surface area contributed by atoms with Crippen molar-refractivity contribution in [1.29, 1.82) is 0 Å². The maximum Gasteiger partial charge on any atom is 0.325 e. The number of nitrogens with one attached hydrogen (secondary N) is 2. The number of anilines is 1. The molecule has 5 rings (SSSR count). The van der Waals surface area contributed by atoms with Gasteiger partial charge in [-0.1, -0.05) is 23.7 Å². The van der Waals surface area contributed by atoms with E-state index < -0.39 is 5.72 Å². The van der Waals surface area contributed by atoms with Gasteiger partial charge in [-0.05, 0) is 54.8 Å². The number of nitrogens with zero attached hydrogens (tertiary/aromatic N) is 1. The van der Waals surface area contributed by atoms with E-state index in [1.807, 2.05) is 42.6 Å². The molecular weight excluding hydrogens is 434 g/mol. The third-order valence-electron chi connectivity index (χ3n) is 5.60. The van der Waals surface area contributed by atoms with Gasteiger partial charge in [0.15, 0.2) is 5.72 Å². The number of thiophene rings is 1. The lowest BCUT2D eigenvalue weighted by Crippen LogP contribution is -2.65. The van der Waals surface area contributed by atoms with Gasteiger partial charge in [-0.3, -0.25) is 9.69 Å². The van der Waals surface area contributed by atoms with Crippen LogP contribution in [-0.4, -0.2) is 17.7 Å². The Hall–Kier alpha value is -3.03. The standard InChI is InChI=1S/C23H20ClN3O3S/c1-23-12-19(18-11-15(24)7-8-20(18)30-23)26-22(29)27(23)16-5-2-4-14(10-16)21(28)25-13-17-6-3-9-31-17/h2-11,19H,12-13H2,1H3,(H,25,28)(H,26,29)/t19-,23-/m1/s1. The van der Waals surface area contributed by atoms with Gasteiger partial charge in [-0.15, -0.1) is 11.3 Å². The van der Waals surface area contributed by atoms with Crippen LogP contribution in [0, 0.1) is 0 Å². The van der Waals surface area contributed by atoms with Crippen molar-refractivity contribution in [1.82, 2.24) is 10.6 Å². The minimum atomic E-state index is -0.889. The summed E-state index contributed by atoms with van der Waals surface area (Å²) < 4.78 is 6.29. The predicted octanol–water partition coefficient (Wildman–Crippen LogP) is 5.10. The molecule has 2 atom stereocenters. The molecule has 2 aliphatic heterocycles. The first-order valence-corrected chi connectivity index (χ1v) is 11.2. The molecule has 2 N–H and O–H groups in total. The van der Waals surface area contributed by atoms with Gasteiger partial charge in [0.05, 0.1) is 18.3 Å². The van der Waals surface area contributed by atoms with Crippen molar-refractivity contribution in [2.45, 2.75) is 31.7 Å². The number of hydrogen-bond donors (Lipinski definition) is 2. The average Bonchev–Trinajstić information content (AvgIpc) is 3.26. The smallest absolute Gasteiger partial charge is 0.325 e. The normalized spacial score (nSPS) is 21.7. The molecule has 2 bridgehead atoms. The van der Waals surface area contributed by atoms with E-state index in [4.69, 9.17) is 16.3 Å². The van der Waals surface area contributed by atoms with Crippen molar-refractivity contribution in [2.24, 2.45) is 0 Å². The van der Waals surface area contributed by atoms with Crippen LogP contribution in [-0.2, 0) is 6.54 Å². The largest absolute Gasteiger partial charge is 0.467 e. The summed E-state index contributed by atoms with van der Waals surface area (Å²) in [6.07, 6.45) is 0.556. The van der Waals surface area contributed by atoms with Crippen LogP contribution in [0.15, 0.2) is 60.0 Å². The van der Waals surface area contributed by atoms with Gasteiger partial charge in [0.25, 0.3) is 5.91 Å². The Morgan fingerprint density at radius 3 is 2.97 bits per heavy atom. The van der Waals surface area contributed by atoms with Gasteiger partial charge in [-0.2, -0.15) is 0 Å². The fourth-order valence-electron chi connectivity index (χ4n) is 4.21. The molecule has 8 heteroatoms. The number of rotatable bonds is 4. The molecule has 3 aromatic rings. The highest BCUT2D eigenvalue weighted by Crippen LogP contribution is 2.46. The van der Waals surface area contributed by atoms with E-state index in [-0.39, 0.29) is 18.0 Å². The number of hydrogen-bond acceptors (Lipinski definition) is 4. The van der Waals surface area contributed by atoms with E-state index in [0.717, 1.165) is 10.4 Å². The van der Waals surface area contributed by atoms with Crippen molar-refractivity contribution in [3.05, 3.63) is 81.0 Å². The molecule has 0 spiro atoms. The molecule has 2 aliphatic rings. The molecule has 1 saturated heterocycles. The quantitative estimate of drug-likeness (QED) is 0.577. The number of benzene rings is 2. The first-order valence-electron chi connectivity index (χ1n) is 9.93. The van der Waals surface area contributed by atoms with Gasteiger partial charge in [0.1, 0.15) is 5.75 Å². The summed E-state index contributed by atoms with van der Waals surface area (Å²) in [5, 5.41) is 8.54.